The Hall–Kier alpha value is -2.76. The summed E-state index contributed by atoms with van der Waals surface area (Å²) in [6.07, 6.45) is 0.995. The number of nitrogens with one attached hydrogen (secondary N) is 1. The standard InChI is InChI=1S/C17H16ClN3O4S/c1-25-16-7-6-14(9-15(16)18)21(26(2,23)24)11-17(22)20-13-5-3-4-12(8-13)10-19/h3-9H,11H2,1-2H3,(H,20,22). The van der Waals surface area contributed by atoms with Gasteiger partial charge in [0.2, 0.25) is 15.9 Å². The molecule has 0 aromatic heterocycles. The highest BCUT2D eigenvalue weighted by molar-refractivity contribution is 7.92. The Morgan fingerprint density at radius 3 is 2.62 bits per heavy atom. The van der Waals surface area contributed by atoms with Crippen molar-refractivity contribution in [3.63, 3.8) is 0 Å². The number of carbonyl (C=O) groups is 1. The van der Waals surface area contributed by atoms with Crippen LogP contribution < -0.4 is 14.4 Å². The Bertz CT molecular complexity index is 970. The van der Waals surface area contributed by atoms with E-state index in [1.54, 1.807) is 18.2 Å². The van der Waals surface area contributed by atoms with Gasteiger partial charge in [0.25, 0.3) is 0 Å². The lowest BCUT2D eigenvalue weighted by Crippen LogP contribution is -2.37. The summed E-state index contributed by atoms with van der Waals surface area (Å²) in [5.41, 5.74) is 1.01. The van der Waals surface area contributed by atoms with Gasteiger partial charge in [-0.15, -0.1) is 0 Å². The minimum Gasteiger partial charge on any atom is -0.495 e. The van der Waals surface area contributed by atoms with E-state index in [0.29, 0.717) is 17.0 Å². The fraction of sp³-hybridized carbons (Fsp3) is 0.176. The lowest BCUT2D eigenvalue weighted by molar-refractivity contribution is -0.114. The summed E-state index contributed by atoms with van der Waals surface area (Å²) >= 11 is 6.05. The summed E-state index contributed by atoms with van der Waals surface area (Å²) in [5, 5.41) is 11.7. The number of carbonyl (C=O) groups excluding carboxylic acids is 1. The summed E-state index contributed by atoms with van der Waals surface area (Å²) in [4.78, 5) is 12.3. The van der Waals surface area contributed by atoms with Crippen LogP contribution in [-0.4, -0.2) is 34.2 Å². The normalized spacial score (nSPS) is 10.7. The second-order valence-electron chi connectivity index (χ2n) is 5.33. The van der Waals surface area contributed by atoms with Gasteiger partial charge in [-0.25, -0.2) is 8.42 Å². The predicted molar refractivity (Wildman–Crippen MR) is 100.0 cm³/mol. The smallest absolute Gasteiger partial charge is 0.245 e. The van der Waals surface area contributed by atoms with E-state index in [1.165, 1.54) is 31.4 Å². The van der Waals surface area contributed by atoms with Crippen molar-refractivity contribution in [1.29, 1.82) is 5.26 Å². The van der Waals surface area contributed by atoms with E-state index in [9.17, 15) is 13.2 Å². The zero-order chi connectivity index (χ0) is 19.3. The Kier molecular flexibility index (Phi) is 6.08. The molecule has 0 spiro atoms. The number of benzene rings is 2. The number of anilines is 2. The molecule has 0 atom stereocenters. The molecule has 0 aliphatic carbocycles. The van der Waals surface area contributed by atoms with Crippen LogP contribution in [0.2, 0.25) is 5.02 Å². The molecule has 1 amide bonds. The number of halogens is 1. The van der Waals surface area contributed by atoms with Gasteiger partial charge >= 0.3 is 0 Å². The third-order valence-electron chi connectivity index (χ3n) is 3.39. The predicted octanol–water partition coefficient (Wildman–Crippen LogP) is 2.62. The first-order chi connectivity index (χ1) is 12.2. The molecule has 0 fully saturated rings. The second-order valence-corrected chi connectivity index (χ2v) is 7.64. The topological polar surface area (TPSA) is 99.5 Å². The molecule has 9 heteroatoms. The van der Waals surface area contributed by atoms with Crippen LogP contribution in [-0.2, 0) is 14.8 Å². The van der Waals surface area contributed by atoms with Crippen LogP contribution in [0.1, 0.15) is 5.56 Å². The molecule has 0 bridgehead atoms. The van der Waals surface area contributed by atoms with E-state index in [1.807, 2.05) is 6.07 Å². The van der Waals surface area contributed by atoms with Crippen LogP contribution in [0.5, 0.6) is 5.75 Å². The van der Waals surface area contributed by atoms with Crippen molar-refractivity contribution in [2.24, 2.45) is 0 Å². The first-order valence-corrected chi connectivity index (χ1v) is 9.58. The molecule has 0 heterocycles. The largest absolute Gasteiger partial charge is 0.495 e. The molecule has 136 valence electrons. The van der Waals surface area contributed by atoms with Crippen LogP contribution >= 0.6 is 11.6 Å². The molecule has 0 saturated heterocycles. The first-order valence-electron chi connectivity index (χ1n) is 7.36. The first kappa shape index (κ1) is 19.6. The van der Waals surface area contributed by atoms with Gasteiger partial charge in [0.1, 0.15) is 12.3 Å². The second kappa shape index (κ2) is 8.08. The highest BCUT2D eigenvalue weighted by Crippen LogP contribution is 2.30. The van der Waals surface area contributed by atoms with Gasteiger partial charge in [0.15, 0.2) is 0 Å². The number of hydrogen-bond acceptors (Lipinski definition) is 5. The number of nitriles is 1. The average molecular weight is 394 g/mol. The van der Waals surface area contributed by atoms with Gasteiger partial charge < -0.3 is 10.1 Å². The third kappa shape index (κ3) is 4.88. The molecule has 0 unspecified atom stereocenters. The molecule has 0 aliphatic rings. The van der Waals surface area contributed by atoms with Gasteiger partial charge in [-0.1, -0.05) is 17.7 Å². The molecule has 2 aromatic carbocycles. The van der Waals surface area contributed by atoms with Gasteiger partial charge in [0, 0.05) is 5.69 Å². The van der Waals surface area contributed by atoms with E-state index >= 15 is 0 Å². The lowest BCUT2D eigenvalue weighted by Gasteiger charge is -2.22. The minimum atomic E-state index is -3.73. The quantitative estimate of drug-likeness (QED) is 0.813. The fourth-order valence-corrected chi connectivity index (χ4v) is 3.31. The van der Waals surface area contributed by atoms with Crippen molar-refractivity contribution in [3.05, 3.63) is 53.1 Å². The van der Waals surface area contributed by atoms with Crippen molar-refractivity contribution in [2.75, 3.05) is 29.5 Å². The molecule has 2 rings (SSSR count). The molecule has 7 nitrogen and oxygen atoms in total. The monoisotopic (exact) mass is 393 g/mol. The maximum Gasteiger partial charge on any atom is 0.245 e. The molecule has 26 heavy (non-hydrogen) atoms. The summed E-state index contributed by atoms with van der Waals surface area (Å²) < 4.78 is 30.2. The van der Waals surface area contributed by atoms with Crippen LogP contribution in [0.4, 0.5) is 11.4 Å². The zero-order valence-corrected chi connectivity index (χ0v) is 15.6. The van der Waals surface area contributed by atoms with Crippen LogP contribution in [0.3, 0.4) is 0 Å². The number of sulfonamides is 1. The van der Waals surface area contributed by atoms with Gasteiger partial charge in [0.05, 0.1) is 35.7 Å². The summed E-state index contributed by atoms with van der Waals surface area (Å²) in [6, 6.07) is 12.7. The van der Waals surface area contributed by atoms with Crippen LogP contribution in [0.15, 0.2) is 42.5 Å². The summed E-state index contributed by atoms with van der Waals surface area (Å²) in [6.45, 7) is -0.446. The molecule has 1 N–H and O–H groups in total. The molecule has 0 radical (unpaired) electrons. The molecule has 0 aliphatic heterocycles. The van der Waals surface area contributed by atoms with Crippen molar-refractivity contribution >= 4 is 38.9 Å². The van der Waals surface area contributed by atoms with E-state index in [-0.39, 0.29) is 10.7 Å². The molecule has 0 saturated carbocycles. The van der Waals surface area contributed by atoms with E-state index in [4.69, 9.17) is 21.6 Å². The van der Waals surface area contributed by atoms with Crippen molar-refractivity contribution in [1.82, 2.24) is 0 Å². The van der Waals surface area contributed by atoms with E-state index in [2.05, 4.69) is 5.32 Å². The minimum absolute atomic E-state index is 0.223. The average Bonchev–Trinajstić information content (AvgIpc) is 2.58. The number of rotatable bonds is 6. The number of nitrogens with zero attached hydrogens (tertiary/aromatic N) is 2. The van der Waals surface area contributed by atoms with Crippen LogP contribution in [0.25, 0.3) is 0 Å². The number of hydrogen-bond donors (Lipinski definition) is 1. The zero-order valence-electron chi connectivity index (χ0n) is 14.1. The Morgan fingerprint density at radius 1 is 1.31 bits per heavy atom. The number of amides is 1. The van der Waals surface area contributed by atoms with Crippen molar-refractivity contribution in [2.45, 2.75) is 0 Å². The Labute approximate surface area is 156 Å². The maximum absolute atomic E-state index is 12.3. The highest BCUT2D eigenvalue weighted by Gasteiger charge is 2.22. The molecular formula is C17H16ClN3O4S. The Morgan fingerprint density at radius 2 is 2.04 bits per heavy atom. The van der Waals surface area contributed by atoms with Crippen molar-refractivity contribution < 1.29 is 17.9 Å². The lowest BCUT2D eigenvalue weighted by atomic mass is 10.2. The summed E-state index contributed by atoms with van der Waals surface area (Å²) in [5.74, 6) is -0.168. The summed E-state index contributed by atoms with van der Waals surface area (Å²) in [7, 11) is -2.29. The van der Waals surface area contributed by atoms with E-state index in [0.717, 1.165) is 10.6 Å². The molecular weight excluding hydrogens is 378 g/mol. The number of methoxy groups -OCH3 is 1. The maximum atomic E-state index is 12.3. The third-order valence-corrected chi connectivity index (χ3v) is 4.82. The van der Waals surface area contributed by atoms with Crippen molar-refractivity contribution in [3.8, 4) is 11.8 Å². The molecule has 2 aromatic rings. The van der Waals surface area contributed by atoms with Gasteiger partial charge in [-0.2, -0.15) is 5.26 Å². The SMILES string of the molecule is COc1ccc(N(CC(=O)Nc2cccc(C#N)c2)S(C)(=O)=O)cc1Cl. The fourth-order valence-electron chi connectivity index (χ4n) is 2.21. The van der Waals surface area contributed by atoms with Gasteiger partial charge in [-0.3, -0.25) is 9.10 Å². The van der Waals surface area contributed by atoms with Gasteiger partial charge in [-0.05, 0) is 36.4 Å². The van der Waals surface area contributed by atoms with E-state index < -0.39 is 22.5 Å². The highest BCUT2D eigenvalue weighted by atomic mass is 35.5. The number of ether oxygens (including phenoxy) is 1. The van der Waals surface area contributed by atoms with Crippen LogP contribution in [0, 0.1) is 11.3 Å². The Balaban J connectivity index is 2.24.